The number of hydrogen-bond acceptors (Lipinski definition) is 5. The van der Waals surface area contributed by atoms with Crippen molar-refractivity contribution >= 4 is 28.4 Å². The maximum Gasteiger partial charge on any atom is 0.419 e. The molecule has 0 bridgehead atoms. The number of amides is 1. The van der Waals surface area contributed by atoms with Gasteiger partial charge >= 0.3 is 5.76 Å². The van der Waals surface area contributed by atoms with E-state index in [0.717, 1.165) is 5.56 Å². The first-order valence-electron chi connectivity index (χ1n) is 8.35. The first-order chi connectivity index (χ1) is 12.4. The Balaban J connectivity index is 1.77. The number of nitrogen functional groups attached to an aromatic ring is 1. The molecule has 26 heavy (non-hydrogen) atoms. The summed E-state index contributed by atoms with van der Waals surface area (Å²) in [7, 11) is 3.88. The van der Waals surface area contributed by atoms with Crippen molar-refractivity contribution in [1.82, 2.24) is 9.47 Å². The molecule has 7 nitrogen and oxygen atoms in total. The topological polar surface area (TPSA) is 93.5 Å². The number of oxazole rings is 1. The number of nitrogens with zero attached hydrogens (tertiary/aromatic N) is 2. The number of rotatable bonds is 6. The largest absolute Gasteiger partial charge is 0.419 e. The van der Waals surface area contributed by atoms with Crippen LogP contribution in [0.2, 0.25) is 0 Å². The predicted octanol–water partition coefficient (Wildman–Crippen LogP) is 1.92. The summed E-state index contributed by atoms with van der Waals surface area (Å²) >= 11 is 0. The Labute approximate surface area is 151 Å². The van der Waals surface area contributed by atoms with Gasteiger partial charge in [0.15, 0.2) is 5.58 Å². The Morgan fingerprint density at radius 3 is 2.62 bits per heavy atom. The number of carbonyl (C=O) groups excluding carboxylic acids is 1. The zero-order valence-electron chi connectivity index (χ0n) is 14.9. The lowest BCUT2D eigenvalue weighted by atomic mass is 10.1. The van der Waals surface area contributed by atoms with E-state index in [4.69, 9.17) is 10.2 Å². The van der Waals surface area contributed by atoms with Crippen molar-refractivity contribution in [1.29, 1.82) is 0 Å². The number of nitrogens with one attached hydrogen (secondary N) is 1. The summed E-state index contributed by atoms with van der Waals surface area (Å²) in [6, 6.07) is 12.4. The average Bonchev–Trinajstić information content (AvgIpc) is 2.89. The molecule has 0 unspecified atom stereocenters. The third-order valence-electron chi connectivity index (χ3n) is 4.07. The number of carbonyl (C=O) groups is 1. The molecule has 0 spiro atoms. The van der Waals surface area contributed by atoms with Gasteiger partial charge in [0.25, 0.3) is 0 Å². The van der Waals surface area contributed by atoms with Gasteiger partial charge in [-0.1, -0.05) is 12.1 Å². The second-order valence-electron chi connectivity index (χ2n) is 6.47. The number of hydrogen-bond donors (Lipinski definition) is 2. The molecule has 0 aliphatic carbocycles. The van der Waals surface area contributed by atoms with Gasteiger partial charge in [0.05, 0.1) is 11.9 Å². The molecule has 0 radical (unpaired) electrons. The van der Waals surface area contributed by atoms with Crippen molar-refractivity contribution in [2.45, 2.75) is 13.0 Å². The van der Waals surface area contributed by atoms with Gasteiger partial charge in [0.2, 0.25) is 5.91 Å². The highest BCUT2D eigenvalue weighted by molar-refractivity contribution is 5.94. The normalized spacial score (nSPS) is 11.2. The smallest absolute Gasteiger partial charge is 0.408 e. The Kier molecular flexibility index (Phi) is 5.09. The summed E-state index contributed by atoms with van der Waals surface area (Å²) in [5.74, 6) is -0.535. The monoisotopic (exact) mass is 354 g/mol. The van der Waals surface area contributed by atoms with Crippen LogP contribution in [0, 0.1) is 0 Å². The molecule has 3 N–H and O–H groups in total. The lowest BCUT2D eigenvalue weighted by Gasteiger charge is -2.10. The van der Waals surface area contributed by atoms with Gasteiger partial charge in [0, 0.05) is 24.5 Å². The zero-order valence-corrected chi connectivity index (χ0v) is 14.9. The second kappa shape index (κ2) is 7.45. The van der Waals surface area contributed by atoms with E-state index in [-0.39, 0.29) is 12.3 Å². The molecular formula is C19H22N4O3. The van der Waals surface area contributed by atoms with E-state index in [0.29, 0.717) is 35.6 Å². The van der Waals surface area contributed by atoms with Gasteiger partial charge in [0.1, 0.15) is 0 Å². The van der Waals surface area contributed by atoms with Gasteiger partial charge in [-0.2, -0.15) is 0 Å². The molecule has 0 saturated carbocycles. The maximum absolute atomic E-state index is 12.3. The number of anilines is 2. The van der Waals surface area contributed by atoms with Crippen LogP contribution in [-0.4, -0.2) is 36.0 Å². The van der Waals surface area contributed by atoms with Gasteiger partial charge in [-0.3, -0.25) is 9.36 Å². The molecule has 3 rings (SSSR count). The molecule has 1 heterocycles. The molecule has 3 aromatic rings. The van der Waals surface area contributed by atoms with Crippen molar-refractivity contribution in [2.24, 2.45) is 0 Å². The van der Waals surface area contributed by atoms with Gasteiger partial charge in [-0.15, -0.1) is 0 Å². The van der Waals surface area contributed by atoms with Crippen LogP contribution in [-0.2, 0) is 17.8 Å². The minimum atomic E-state index is -0.396. The van der Waals surface area contributed by atoms with E-state index >= 15 is 0 Å². The first kappa shape index (κ1) is 17.8. The number of nitrogens with two attached hydrogens (primary N) is 1. The Hall–Kier alpha value is -3.06. The standard InChI is InChI=1S/C19H22N4O3/c1-22(2)9-10-23-16-12-15(7-8-17(16)26-19(23)25)21-18(24)11-13-3-5-14(20)6-4-13/h3-8,12H,9-11,20H2,1-2H3,(H,21,24). The number of aromatic nitrogens is 1. The van der Waals surface area contributed by atoms with Crippen LogP contribution in [0.15, 0.2) is 51.7 Å². The number of likely N-dealkylation sites (N-methyl/N-ethyl adjacent to an activating group) is 1. The van der Waals surface area contributed by atoms with E-state index in [1.807, 2.05) is 31.1 Å². The van der Waals surface area contributed by atoms with E-state index < -0.39 is 5.76 Å². The highest BCUT2D eigenvalue weighted by Crippen LogP contribution is 2.19. The van der Waals surface area contributed by atoms with Crippen LogP contribution in [0.3, 0.4) is 0 Å². The van der Waals surface area contributed by atoms with Gasteiger partial charge < -0.3 is 20.4 Å². The van der Waals surface area contributed by atoms with Crippen LogP contribution >= 0.6 is 0 Å². The third kappa shape index (κ3) is 4.12. The molecule has 0 atom stereocenters. The van der Waals surface area contributed by atoms with Crippen LogP contribution in [0.4, 0.5) is 11.4 Å². The molecule has 2 aromatic carbocycles. The summed E-state index contributed by atoms with van der Waals surface area (Å²) in [6.07, 6.45) is 0.247. The van der Waals surface area contributed by atoms with Gasteiger partial charge in [-0.25, -0.2) is 4.79 Å². The Morgan fingerprint density at radius 2 is 1.92 bits per heavy atom. The minimum absolute atomic E-state index is 0.139. The summed E-state index contributed by atoms with van der Waals surface area (Å²) in [5.41, 5.74) is 8.99. The summed E-state index contributed by atoms with van der Waals surface area (Å²) in [5, 5.41) is 2.86. The molecule has 1 aromatic heterocycles. The lowest BCUT2D eigenvalue weighted by Crippen LogP contribution is -2.23. The molecular weight excluding hydrogens is 332 g/mol. The highest BCUT2D eigenvalue weighted by atomic mass is 16.4. The second-order valence-corrected chi connectivity index (χ2v) is 6.47. The lowest BCUT2D eigenvalue weighted by molar-refractivity contribution is -0.115. The van der Waals surface area contributed by atoms with Crippen LogP contribution in [0.5, 0.6) is 0 Å². The predicted molar refractivity (Wildman–Crippen MR) is 102 cm³/mol. The van der Waals surface area contributed by atoms with E-state index in [1.165, 1.54) is 0 Å². The third-order valence-corrected chi connectivity index (χ3v) is 4.07. The van der Waals surface area contributed by atoms with Crippen LogP contribution < -0.4 is 16.8 Å². The minimum Gasteiger partial charge on any atom is -0.408 e. The molecule has 0 aliphatic rings. The first-order valence-corrected chi connectivity index (χ1v) is 8.35. The van der Waals surface area contributed by atoms with E-state index in [2.05, 4.69) is 5.32 Å². The van der Waals surface area contributed by atoms with Crippen molar-refractivity contribution < 1.29 is 9.21 Å². The fourth-order valence-electron chi connectivity index (χ4n) is 2.68. The number of benzene rings is 2. The molecule has 1 amide bonds. The average molecular weight is 354 g/mol. The fraction of sp³-hybridized carbons (Fsp3) is 0.263. The molecule has 0 saturated heterocycles. The van der Waals surface area contributed by atoms with E-state index in [9.17, 15) is 9.59 Å². The molecule has 7 heteroatoms. The highest BCUT2D eigenvalue weighted by Gasteiger charge is 2.11. The van der Waals surface area contributed by atoms with Crippen molar-refractivity contribution in [3.63, 3.8) is 0 Å². The van der Waals surface area contributed by atoms with E-state index in [1.54, 1.807) is 34.9 Å². The summed E-state index contributed by atoms with van der Waals surface area (Å²) in [6.45, 7) is 1.23. The number of fused-ring (bicyclic) bond motifs is 1. The van der Waals surface area contributed by atoms with Gasteiger partial charge in [-0.05, 0) is 50.0 Å². The summed E-state index contributed by atoms with van der Waals surface area (Å²) in [4.78, 5) is 26.3. The Bertz CT molecular complexity index is 971. The van der Waals surface area contributed by atoms with Crippen molar-refractivity contribution in [3.8, 4) is 0 Å². The molecule has 0 fully saturated rings. The SMILES string of the molecule is CN(C)CCn1c(=O)oc2ccc(NC(=O)Cc3ccc(N)cc3)cc21. The quantitative estimate of drug-likeness (QED) is 0.660. The maximum atomic E-state index is 12.3. The van der Waals surface area contributed by atoms with Crippen LogP contribution in [0.1, 0.15) is 5.56 Å². The summed E-state index contributed by atoms with van der Waals surface area (Å²) < 4.78 is 6.84. The fourth-order valence-corrected chi connectivity index (χ4v) is 2.68. The molecule has 0 aliphatic heterocycles. The van der Waals surface area contributed by atoms with Crippen molar-refractivity contribution in [3.05, 3.63) is 58.6 Å². The zero-order chi connectivity index (χ0) is 18.7. The van der Waals surface area contributed by atoms with Crippen LogP contribution in [0.25, 0.3) is 11.1 Å². The molecule has 136 valence electrons. The Morgan fingerprint density at radius 1 is 1.19 bits per heavy atom. The van der Waals surface area contributed by atoms with Crippen molar-refractivity contribution in [2.75, 3.05) is 31.7 Å².